The quantitative estimate of drug-likeness (QED) is 0.891. The molecular weight excluding hydrogens is 319 g/mol. The summed E-state index contributed by atoms with van der Waals surface area (Å²) >= 11 is 5.44. The molecule has 1 heterocycles. The first kappa shape index (κ1) is 14.9. The third-order valence-electron chi connectivity index (χ3n) is 2.59. The summed E-state index contributed by atoms with van der Waals surface area (Å²) in [4.78, 5) is 6.66. The van der Waals surface area contributed by atoms with Crippen LogP contribution in [-0.4, -0.2) is 23.6 Å². The number of halogens is 4. The molecule has 2 rings (SSSR count). The number of nitrogens with zero attached hydrogens (tertiary/aromatic N) is 2. The summed E-state index contributed by atoms with van der Waals surface area (Å²) in [5, 5.41) is 2.29. The van der Waals surface area contributed by atoms with Gasteiger partial charge in [-0.05, 0) is 12.2 Å². The van der Waals surface area contributed by atoms with Crippen LogP contribution in [0.15, 0.2) is 35.4 Å². The Kier molecular flexibility index (Phi) is 3.61. The Balaban J connectivity index is 2.64. The van der Waals surface area contributed by atoms with Crippen LogP contribution in [0.1, 0.15) is 5.82 Å². The standard InChI is InChI=1S/C10H7ClF3N3O2S/c11-6-1-8(20(15,18)19)10(14,2-7(6)13)9-16-3-5(12)4-17-9/h1-4,8H,(H2,15,18,19). The number of sulfonamides is 1. The van der Waals surface area contributed by atoms with Crippen LogP contribution >= 0.6 is 11.6 Å². The van der Waals surface area contributed by atoms with Crippen LogP contribution in [0.2, 0.25) is 0 Å². The second-order valence-electron chi connectivity index (χ2n) is 4.01. The minimum absolute atomic E-state index is 0.303. The first-order chi connectivity index (χ1) is 9.14. The summed E-state index contributed by atoms with van der Waals surface area (Å²) in [6, 6.07) is 0. The molecule has 1 aliphatic rings. The van der Waals surface area contributed by atoms with Crippen molar-refractivity contribution in [3.8, 4) is 0 Å². The van der Waals surface area contributed by atoms with Crippen molar-refractivity contribution < 1.29 is 21.6 Å². The first-order valence-corrected chi connectivity index (χ1v) is 7.08. The van der Waals surface area contributed by atoms with Crippen molar-refractivity contribution >= 4 is 21.6 Å². The van der Waals surface area contributed by atoms with Gasteiger partial charge >= 0.3 is 0 Å². The Morgan fingerprint density at radius 3 is 2.35 bits per heavy atom. The van der Waals surface area contributed by atoms with Crippen molar-refractivity contribution in [2.75, 3.05) is 0 Å². The largest absolute Gasteiger partial charge is 0.235 e. The van der Waals surface area contributed by atoms with Crippen molar-refractivity contribution in [2.24, 2.45) is 5.14 Å². The molecule has 0 radical (unpaired) electrons. The Morgan fingerprint density at radius 1 is 1.30 bits per heavy atom. The summed E-state index contributed by atoms with van der Waals surface area (Å²) in [6.07, 6.45) is 2.15. The monoisotopic (exact) mass is 325 g/mol. The summed E-state index contributed by atoms with van der Waals surface area (Å²) in [5.74, 6) is -2.80. The molecule has 5 nitrogen and oxygen atoms in total. The molecule has 2 N–H and O–H groups in total. The minimum Gasteiger partial charge on any atom is -0.235 e. The van der Waals surface area contributed by atoms with Gasteiger partial charge in [-0.2, -0.15) is 0 Å². The summed E-state index contributed by atoms with van der Waals surface area (Å²) in [5.41, 5.74) is -2.98. The van der Waals surface area contributed by atoms with E-state index in [0.717, 1.165) is 0 Å². The normalized spacial score (nSPS) is 26.9. The molecule has 0 saturated carbocycles. The van der Waals surface area contributed by atoms with Crippen molar-refractivity contribution in [1.29, 1.82) is 0 Å². The van der Waals surface area contributed by atoms with E-state index in [1.54, 1.807) is 0 Å². The van der Waals surface area contributed by atoms with Crippen LogP contribution in [0.3, 0.4) is 0 Å². The lowest BCUT2D eigenvalue weighted by atomic mass is 9.95. The predicted octanol–water partition coefficient (Wildman–Crippen LogP) is 1.43. The van der Waals surface area contributed by atoms with Gasteiger partial charge in [0.25, 0.3) is 0 Å². The van der Waals surface area contributed by atoms with Gasteiger partial charge < -0.3 is 0 Å². The minimum atomic E-state index is -4.47. The Bertz CT molecular complexity index is 705. The number of allylic oxidation sites excluding steroid dienone is 3. The number of primary sulfonamides is 1. The van der Waals surface area contributed by atoms with E-state index in [9.17, 15) is 21.6 Å². The van der Waals surface area contributed by atoms with Crippen molar-refractivity contribution in [3.63, 3.8) is 0 Å². The third-order valence-corrected chi connectivity index (χ3v) is 4.09. The van der Waals surface area contributed by atoms with Gasteiger partial charge in [-0.3, -0.25) is 0 Å². The van der Waals surface area contributed by atoms with Gasteiger partial charge in [-0.15, -0.1) is 0 Å². The van der Waals surface area contributed by atoms with E-state index in [0.29, 0.717) is 24.5 Å². The molecule has 1 aromatic heterocycles. The predicted molar refractivity (Wildman–Crippen MR) is 64.8 cm³/mol. The zero-order chi connectivity index (χ0) is 15.1. The van der Waals surface area contributed by atoms with Gasteiger partial charge in [-0.1, -0.05) is 11.6 Å². The molecule has 0 spiro atoms. The van der Waals surface area contributed by atoms with Gasteiger partial charge in [0.15, 0.2) is 11.6 Å². The fraction of sp³-hybridized carbons (Fsp3) is 0.200. The highest BCUT2D eigenvalue weighted by atomic mass is 35.5. The maximum Gasteiger partial charge on any atom is 0.219 e. The lowest BCUT2D eigenvalue weighted by Gasteiger charge is -2.29. The molecule has 20 heavy (non-hydrogen) atoms. The van der Waals surface area contributed by atoms with Gasteiger partial charge in [0.05, 0.1) is 17.4 Å². The SMILES string of the molecule is NS(=O)(=O)C1C=C(Cl)C(F)=CC1(F)c1ncc(F)cn1. The third kappa shape index (κ3) is 2.56. The molecule has 0 fully saturated rings. The van der Waals surface area contributed by atoms with E-state index in [-0.39, 0.29) is 0 Å². The number of hydrogen-bond donors (Lipinski definition) is 1. The van der Waals surface area contributed by atoms with Crippen LogP contribution < -0.4 is 5.14 Å². The second-order valence-corrected chi connectivity index (χ2v) is 6.10. The molecule has 10 heteroatoms. The molecule has 1 aliphatic carbocycles. The van der Waals surface area contributed by atoms with E-state index in [2.05, 4.69) is 9.97 Å². The van der Waals surface area contributed by atoms with Gasteiger partial charge in [0.1, 0.15) is 11.1 Å². The molecule has 2 unspecified atom stereocenters. The van der Waals surface area contributed by atoms with Crippen molar-refractivity contribution in [1.82, 2.24) is 9.97 Å². The lowest BCUT2D eigenvalue weighted by Crippen LogP contribution is -2.44. The highest BCUT2D eigenvalue weighted by molar-refractivity contribution is 7.90. The maximum atomic E-state index is 14.9. The topological polar surface area (TPSA) is 85.9 Å². The molecule has 0 amide bonds. The average Bonchev–Trinajstić information content (AvgIpc) is 2.33. The number of hydrogen-bond acceptors (Lipinski definition) is 4. The van der Waals surface area contributed by atoms with Gasteiger partial charge in [-0.25, -0.2) is 36.7 Å². The Hall–Kier alpha value is -1.45. The molecule has 0 aromatic carbocycles. The molecule has 0 bridgehead atoms. The van der Waals surface area contributed by atoms with Crippen LogP contribution in [0.25, 0.3) is 0 Å². The average molecular weight is 326 g/mol. The molecule has 1 aromatic rings. The molecule has 108 valence electrons. The van der Waals surface area contributed by atoms with E-state index in [1.807, 2.05) is 0 Å². The van der Waals surface area contributed by atoms with E-state index in [1.165, 1.54) is 0 Å². The maximum absolute atomic E-state index is 14.9. The van der Waals surface area contributed by atoms with E-state index < -0.39 is 43.4 Å². The van der Waals surface area contributed by atoms with E-state index in [4.69, 9.17) is 16.7 Å². The fourth-order valence-corrected chi connectivity index (χ4v) is 2.94. The zero-order valence-electron chi connectivity index (χ0n) is 9.60. The van der Waals surface area contributed by atoms with Crippen LogP contribution in [-0.2, 0) is 15.7 Å². The lowest BCUT2D eigenvalue weighted by molar-refractivity contribution is 0.217. The molecule has 0 aliphatic heterocycles. The van der Waals surface area contributed by atoms with Gasteiger partial charge in [0.2, 0.25) is 15.7 Å². The fourth-order valence-electron chi connectivity index (χ4n) is 1.71. The van der Waals surface area contributed by atoms with Crippen molar-refractivity contribution in [3.05, 3.63) is 47.0 Å². The smallest absolute Gasteiger partial charge is 0.219 e. The van der Waals surface area contributed by atoms with Crippen LogP contribution in [0.5, 0.6) is 0 Å². The Labute approximate surface area is 117 Å². The van der Waals surface area contributed by atoms with Crippen LogP contribution in [0.4, 0.5) is 13.2 Å². The highest BCUT2D eigenvalue weighted by Gasteiger charge is 2.50. The van der Waals surface area contributed by atoms with Crippen molar-refractivity contribution in [2.45, 2.75) is 10.9 Å². The number of aromatic nitrogens is 2. The highest BCUT2D eigenvalue weighted by Crippen LogP contribution is 2.40. The number of rotatable bonds is 2. The first-order valence-electron chi connectivity index (χ1n) is 5.09. The zero-order valence-corrected chi connectivity index (χ0v) is 11.2. The molecule has 0 saturated heterocycles. The summed E-state index contributed by atoms with van der Waals surface area (Å²) < 4.78 is 64.0. The summed E-state index contributed by atoms with van der Waals surface area (Å²) in [6.45, 7) is 0. The number of nitrogens with two attached hydrogens (primary N) is 1. The van der Waals surface area contributed by atoms with E-state index >= 15 is 0 Å². The Morgan fingerprint density at radius 2 is 1.85 bits per heavy atom. The molecular formula is C10H7ClF3N3O2S. The van der Waals surface area contributed by atoms with Gasteiger partial charge in [0, 0.05) is 0 Å². The molecule has 2 atom stereocenters. The van der Waals surface area contributed by atoms with Crippen LogP contribution in [0, 0.1) is 5.82 Å². The second kappa shape index (κ2) is 4.83. The number of alkyl halides is 1. The summed E-state index contributed by atoms with van der Waals surface area (Å²) in [7, 11) is -4.47.